The molecule has 0 saturated heterocycles. The maximum atomic E-state index is 11.8. The van der Waals surface area contributed by atoms with E-state index in [0.717, 1.165) is 5.56 Å². The standard InChI is InChI=1S/C15H16ClNO4/c1-9-2-5-12(16)13(6-9)21-8-14(18)17-11-4-3-10(7-11)15(19)20/h2-6,10-11H,7-8H2,1H3,(H,17,18)(H,19,20). The van der Waals surface area contributed by atoms with E-state index >= 15 is 0 Å². The highest BCUT2D eigenvalue weighted by Crippen LogP contribution is 2.25. The Hall–Kier alpha value is -2.01. The first-order valence-corrected chi connectivity index (χ1v) is 6.93. The first kappa shape index (κ1) is 15.4. The minimum Gasteiger partial charge on any atom is -0.482 e. The molecule has 1 aromatic carbocycles. The van der Waals surface area contributed by atoms with Gasteiger partial charge in [0.15, 0.2) is 6.61 Å². The smallest absolute Gasteiger partial charge is 0.310 e. The van der Waals surface area contributed by atoms with Gasteiger partial charge in [-0.15, -0.1) is 0 Å². The van der Waals surface area contributed by atoms with Crippen molar-refractivity contribution < 1.29 is 19.4 Å². The fourth-order valence-corrected chi connectivity index (χ4v) is 2.27. The SMILES string of the molecule is Cc1ccc(Cl)c(OCC(=O)NC2C=CC(C(=O)O)C2)c1. The van der Waals surface area contributed by atoms with Gasteiger partial charge in [0, 0.05) is 6.04 Å². The highest BCUT2D eigenvalue weighted by Gasteiger charge is 2.25. The molecule has 2 unspecified atom stereocenters. The molecule has 5 nitrogen and oxygen atoms in total. The number of carboxylic acid groups (broad SMARTS) is 1. The van der Waals surface area contributed by atoms with Gasteiger partial charge in [-0.3, -0.25) is 9.59 Å². The molecule has 1 amide bonds. The van der Waals surface area contributed by atoms with Crippen LogP contribution in [0.3, 0.4) is 0 Å². The van der Waals surface area contributed by atoms with E-state index in [1.54, 1.807) is 24.3 Å². The van der Waals surface area contributed by atoms with Crippen LogP contribution in [0, 0.1) is 12.8 Å². The summed E-state index contributed by atoms with van der Waals surface area (Å²) >= 11 is 5.97. The number of nitrogens with one attached hydrogen (secondary N) is 1. The second kappa shape index (κ2) is 6.63. The lowest BCUT2D eigenvalue weighted by Crippen LogP contribution is -2.36. The van der Waals surface area contributed by atoms with Crippen LogP contribution in [0.5, 0.6) is 5.75 Å². The summed E-state index contributed by atoms with van der Waals surface area (Å²) in [5.74, 6) is -1.28. The molecule has 1 aliphatic rings. The zero-order chi connectivity index (χ0) is 15.4. The summed E-state index contributed by atoms with van der Waals surface area (Å²) in [4.78, 5) is 22.6. The van der Waals surface area contributed by atoms with E-state index in [-0.39, 0.29) is 18.6 Å². The quantitative estimate of drug-likeness (QED) is 0.817. The number of benzene rings is 1. The molecular formula is C15H16ClNO4. The van der Waals surface area contributed by atoms with Crippen molar-refractivity contribution in [2.24, 2.45) is 5.92 Å². The minimum absolute atomic E-state index is 0.161. The van der Waals surface area contributed by atoms with Gasteiger partial charge in [-0.1, -0.05) is 29.8 Å². The van der Waals surface area contributed by atoms with Gasteiger partial charge in [-0.2, -0.15) is 0 Å². The second-order valence-electron chi connectivity index (χ2n) is 4.96. The first-order valence-electron chi connectivity index (χ1n) is 6.55. The number of carbonyl (C=O) groups is 2. The molecule has 21 heavy (non-hydrogen) atoms. The molecule has 1 aromatic rings. The molecule has 0 fully saturated rings. The number of rotatable bonds is 5. The largest absolute Gasteiger partial charge is 0.482 e. The van der Waals surface area contributed by atoms with Crippen molar-refractivity contribution in [1.82, 2.24) is 5.32 Å². The third-order valence-electron chi connectivity index (χ3n) is 3.19. The van der Waals surface area contributed by atoms with Gasteiger partial charge in [-0.05, 0) is 31.0 Å². The van der Waals surface area contributed by atoms with Crippen LogP contribution in [-0.2, 0) is 9.59 Å². The second-order valence-corrected chi connectivity index (χ2v) is 5.37. The molecular weight excluding hydrogens is 294 g/mol. The van der Waals surface area contributed by atoms with Crippen molar-refractivity contribution in [2.45, 2.75) is 19.4 Å². The molecule has 2 N–H and O–H groups in total. The monoisotopic (exact) mass is 309 g/mol. The lowest BCUT2D eigenvalue weighted by atomic mass is 10.1. The third-order valence-corrected chi connectivity index (χ3v) is 3.50. The fourth-order valence-electron chi connectivity index (χ4n) is 2.10. The van der Waals surface area contributed by atoms with Gasteiger partial charge in [0.05, 0.1) is 10.9 Å². The van der Waals surface area contributed by atoms with E-state index in [9.17, 15) is 9.59 Å². The molecule has 2 rings (SSSR count). The Morgan fingerprint density at radius 3 is 2.86 bits per heavy atom. The third kappa shape index (κ3) is 4.23. The molecule has 1 aliphatic carbocycles. The average Bonchev–Trinajstić information content (AvgIpc) is 2.88. The zero-order valence-electron chi connectivity index (χ0n) is 11.5. The molecule has 6 heteroatoms. The first-order chi connectivity index (χ1) is 9.95. The van der Waals surface area contributed by atoms with Gasteiger partial charge in [0.1, 0.15) is 5.75 Å². The van der Waals surface area contributed by atoms with Crippen molar-refractivity contribution in [3.05, 3.63) is 40.9 Å². The van der Waals surface area contributed by atoms with Crippen LogP contribution in [0.1, 0.15) is 12.0 Å². The van der Waals surface area contributed by atoms with Gasteiger partial charge >= 0.3 is 5.97 Å². The van der Waals surface area contributed by atoms with Gasteiger partial charge in [0.25, 0.3) is 5.91 Å². The molecule has 0 radical (unpaired) electrons. The van der Waals surface area contributed by atoms with E-state index in [1.165, 1.54) is 0 Å². The average molecular weight is 310 g/mol. The maximum absolute atomic E-state index is 11.8. The maximum Gasteiger partial charge on any atom is 0.310 e. The van der Waals surface area contributed by atoms with E-state index < -0.39 is 11.9 Å². The van der Waals surface area contributed by atoms with Crippen LogP contribution >= 0.6 is 11.6 Å². The Bertz CT molecular complexity index is 585. The van der Waals surface area contributed by atoms with E-state index in [4.69, 9.17) is 21.4 Å². The Balaban J connectivity index is 1.82. The number of aliphatic carboxylic acids is 1. The Morgan fingerprint density at radius 2 is 2.19 bits per heavy atom. The Morgan fingerprint density at radius 1 is 1.43 bits per heavy atom. The summed E-state index contributed by atoms with van der Waals surface area (Å²) in [5, 5.41) is 12.0. The highest BCUT2D eigenvalue weighted by atomic mass is 35.5. The number of ether oxygens (including phenoxy) is 1. The summed E-state index contributed by atoms with van der Waals surface area (Å²) in [7, 11) is 0. The molecule has 2 atom stereocenters. The minimum atomic E-state index is -0.884. The predicted molar refractivity (Wildman–Crippen MR) is 78.5 cm³/mol. The zero-order valence-corrected chi connectivity index (χ0v) is 12.3. The number of aryl methyl sites for hydroxylation is 1. The van der Waals surface area contributed by atoms with Crippen LogP contribution in [0.4, 0.5) is 0 Å². The summed E-state index contributed by atoms with van der Waals surface area (Å²) in [6.45, 7) is 1.74. The summed E-state index contributed by atoms with van der Waals surface area (Å²) in [6, 6.07) is 5.05. The number of halogens is 1. The number of carboxylic acids is 1. The van der Waals surface area contributed by atoms with Crippen LogP contribution in [0.25, 0.3) is 0 Å². The molecule has 0 saturated carbocycles. The van der Waals surface area contributed by atoms with Crippen molar-refractivity contribution in [2.75, 3.05) is 6.61 Å². The summed E-state index contributed by atoms with van der Waals surface area (Å²) in [6.07, 6.45) is 3.65. The van der Waals surface area contributed by atoms with Crippen molar-refractivity contribution >= 4 is 23.5 Å². The molecule has 0 heterocycles. The fraction of sp³-hybridized carbons (Fsp3) is 0.333. The normalized spacial score (nSPS) is 20.3. The molecule has 112 valence electrons. The van der Waals surface area contributed by atoms with Gasteiger partial charge in [0.2, 0.25) is 0 Å². The van der Waals surface area contributed by atoms with Crippen molar-refractivity contribution in [1.29, 1.82) is 0 Å². The predicted octanol–water partition coefficient (Wildman–Crippen LogP) is 2.17. The molecule has 0 spiro atoms. The lowest BCUT2D eigenvalue weighted by Gasteiger charge is -2.13. The number of carbonyl (C=O) groups excluding carboxylic acids is 1. The molecule has 0 aromatic heterocycles. The highest BCUT2D eigenvalue weighted by molar-refractivity contribution is 6.32. The topological polar surface area (TPSA) is 75.6 Å². The number of hydrogen-bond donors (Lipinski definition) is 2. The van der Waals surface area contributed by atoms with Crippen LogP contribution < -0.4 is 10.1 Å². The summed E-state index contributed by atoms with van der Waals surface area (Å²) in [5.41, 5.74) is 0.984. The Labute approximate surface area is 127 Å². The van der Waals surface area contributed by atoms with E-state index in [2.05, 4.69) is 5.32 Å². The van der Waals surface area contributed by atoms with Gasteiger partial charge in [-0.25, -0.2) is 0 Å². The van der Waals surface area contributed by atoms with E-state index in [0.29, 0.717) is 17.2 Å². The Kier molecular flexibility index (Phi) is 4.85. The lowest BCUT2D eigenvalue weighted by molar-refractivity contribution is -0.140. The van der Waals surface area contributed by atoms with Crippen LogP contribution in [0.15, 0.2) is 30.4 Å². The van der Waals surface area contributed by atoms with Crippen molar-refractivity contribution in [3.63, 3.8) is 0 Å². The molecule has 0 bridgehead atoms. The summed E-state index contributed by atoms with van der Waals surface area (Å²) < 4.78 is 5.38. The molecule has 0 aliphatic heterocycles. The van der Waals surface area contributed by atoms with Gasteiger partial charge < -0.3 is 15.2 Å². The van der Waals surface area contributed by atoms with E-state index in [1.807, 2.05) is 13.0 Å². The number of hydrogen-bond acceptors (Lipinski definition) is 3. The van der Waals surface area contributed by atoms with Crippen LogP contribution in [-0.4, -0.2) is 29.6 Å². The van der Waals surface area contributed by atoms with Crippen LogP contribution in [0.2, 0.25) is 5.02 Å². The number of amides is 1. The van der Waals surface area contributed by atoms with Crippen molar-refractivity contribution in [3.8, 4) is 5.75 Å².